The molecule has 6 heteroatoms. The normalized spacial score (nSPS) is 18.0. The molecule has 2 nitrogen and oxygen atoms in total. The van der Waals surface area contributed by atoms with E-state index in [1.54, 1.807) is 0 Å². The average Bonchev–Trinajstić information content (AvgIpc) is 2.84. The first-order valence-electron chi connectivity index (χ1n) is 4.36. The summed E-state index contributed by atoms with van der Waals surface area (Å²) in [6.45, 7) is 1.17. The SMILES string of the molecule is Fc1cc2sc(C3OCCO3)c(Cl)c2s1. The molecule has 1 saturated heterocycles. The molecule has 1 aliphatic rings. The van der Waals surface area contributed by atoms with Crippen molar-refractivity contribution < 1.29 is 13.9 Å². The summed E-state index contributed by atoms with van der Waals surface area (Å²) < 4.78 is 25.3. The third-order valence-corrected chi connectivity index (χ3v) is 4.98. The summed E-state index contributed by atoms with van der Waals surface area (Å²) in [5.74, 6) is 0. The highest BCUT2D eigenvalue weighted by atomic mass is 35.5. The van der Waals surface area contributed by atoms with Gasteiger partial charge in [-0.3, -0.25) is 0 Å². The third-order valence-electron chi connectivity index (χ3n) is 2.14. The lowest BCUT2D eigenvalue weighted by molar-refractivity contribution is -0.0412. The second-order valence-corrected chi connectivity index (χ2v) is 5.56. The van der Waals surface area contributed by atoms with E-state index < -0.39 is 0 Å². The average molecular weight is 265 g/mol. The van der Waals surface area contributed by atoms with Crippen molar-refractivity contribution in [2.24, 2.45) is 0 Å². The Balaban J connectivity index is 2.11. The van der Waals surface area contributed by atoms with E-state index in [9.17, 15) is 4.39 Å². The fourth-order valence-corrected chi connectivity index (χ4v) is 4.13. The molecule has 0 saturated carbocycles. The van der Waals surface area contributed by atoms with Crippen LogP contribution in [-0.4, -0.2) is 13.2 Å². The van der Waals surface area contributed by atoms with Gasteiger partial charge in [0.05, 0.1) is 32.5 Å². The quantitative estimate of drug-likeness (QED) is 0.780. The van der Waals surface area contributed by atoms with Gasteiger partial charge in [-0.05, 0) is 0 Å². The molecule has 0 spiro atoms. The molecule has 80 valence electrons. The van der Waals surface area contributed by atoms with Crippen LogP contribution in [0.15, 0.2) is 6.07 Å². The van der Waals surface area contributed by atoms with Crippen LogP contribution >= 0.6 is 34.3 Å². The van der Waals surface area contributed by atoms with Gasteiger partial charge in [0.15, 0.2) is 11.4 Å². The fraction of sp³-hybridized carbons (Fsp3) is 0.333. The zero-order chi connectivity index (χ0) is 10.4. The summed E-state index contributed by atoms with van der Waals surface area (Å²) in [7, 11) is 0. The van der Waals surface area contributed by atoms with E-state index in [2.05, 4.69) is 0 Å². The minimum atomic E-state index is -0.370. The highest BCUT2D eigenvalue weighted by Gasteiger charge is 2.25. The lowest BCUT2D eigenvalue weighted by Crippen LogP contribution is -1.94. The van der Waals surface area contributed by atoms with E-state index in [-0.39, 0.29) is 11.4 Å². The summed E-state index contributed by atoms with van der Waals surface area (Å²) in [5.41, 5.74) is 0. The van der Waals surface area contributed by atoms with Gasteiger partial charge in [-0.2, -0.15) is 4.39 Å². The predicted molar refractivity (Wildman–Crippen MR) is 59.3 cm³/mol. The van der Waals surface area contributed by atoms with E-state index in [1.807, 2.05) is 0 Å². The zero-order valence-corrected chi connectivity index (χ0v) is 9.85. The van der Waals surface area contributed by atoms with Crippen LogP contribution in [0.3, 0.4) is 0 Å². The van der Waals surface area contributed by atoms with Gasteiger partial charge in [0.1, 0.15) is 0 Å². The minimum Gasteiger partial charge on any atom is -0.345 e. The summed E-state index contributed by atoms with van der Waals surface area (Å²) in [6.07, 6.45) is -0.370. The van der Waals surface area contributed by atoms with E-state index in [4.69, 9.17) is 21.1 Å². The first-order chi connectivity index (χ1) is 7.25. The van der Waals surface area contributed by atoms with Gasteiger partial charge >= 0.3 is 0 Å². The number of hydrogen-bond donors (Lipinski definition) is 0. The van der Waals surface area contributed by atoms with Crippen molar-refractivity contribution in [3.63, 3.8) is 0 Å². The van der Waals surface area contributed by atoms with Gasteiger partial charge in [-0.25, -0.2) is 0 Å². The van der Waals surface area contributed by atoms with Crippen LogP contribution in [0.1, 0.15) is 11.2 Å². The molecule has 0 radical (unpaired) electrons. The molecule has 3 rings (SSSR count). The van der Waals surface area contributed by atoms with E-state index in [0.29, 0.717) is 18.2 Å². The van der Waals surface area contributed by atoms with Crippen molar-refractivity contribution >= 4 is 43.7 Å². The van der Waals surface area contributed by atoms with Crippen molar-refractivity contribution in [3.8, 4) is 0 Å². The Morgan fingerprint density at radius 3 is 2.73 bits per heavy atom. The first-order valence-corrected chi connectivity index (χ1v) is 6.37. The second-order valence-electron chi connectivity index (χ2n) is 3.10. The number of hydrogen-bond acceptors (Lipinski definition) is 4. The van der Waals surface area contributed by atoms with Crippen LogP contribution in [-0.2, 0) is 9.47 Å². The number of halogens is 2. The van der Waals surface area contributed by atoms with Crippen molar-refractivity contribution in [1.82, 2.24) is 0 Å². The highest BCUT2D eigenvalue weighted by molar-refractivity contribution is 7.28. The summed E-state index contributed by atoms with van der Waals surface area (Å²) in [4.78, 5) is 0.843. The fourth-order valence-electron chi connectivity index (χ4n) is 1.51. The molecule has 0 bridgehead atoms. The van der Waals surface area contributed by atoms with Crippen LogP contribution in [0.2, 0.25) is 5.02 Å². The van der Waals surface area contributed by atoms with E-state index in [0.717, 1.165) is 25.6 Å². The molecule has 2 aromatic heterocycles. The Labute approximate surface area is 98.2 Å². The molecular formula is C9H6ClFO2S2. The molecule has 15 heavy (non-hydrogen) atoms. The molecule has 0 amide bonds. The number of thiophene rings is 2. The Hall–Kier alpha value is -0.200. The maximum Gasteiger partial charge on any atom is 0.194 e. The smallest absolute Gasteiger partial charge is 0.194 e. The number of rotatable bonds is 1. The van der Waals surface area contributed by atoms with E-state index >= 15 is 0 Å². The standard InChI is InChI=1S/C9H6ClFO2S2/c10-6-7-4(3-5(11)15-7)14-8(6)9-12-1-2-13-9/h3,9H,1-2H2. The molecule has 1 fully saturated rings. The maximum absolute atomic E-state index is 12.9. The lowest BCUT2D eigenvalue weighted by atomic mass is 10.4. The van der Waals surface area contributed by atoms with Gasteiger partial charge in [0.2, 0.25) is 0 Å². The summed E-state index contributed by atoms with van der Waals surface area (Å²) >= 11 is 8.63. The molecule has 0 unspecified atom stereocenters. The Bertz CT molecular complexity index is 501. The number of ether oxygens (including phenoxy) is 2. The monoisotopic (exact) mass is 264 g/mol. The van der Waals surface area contributed by atoms with Crippen LogP contribution in [0.4, 0.5) is 4.39 Å². The van der Waals surface area contributed by atoms with Gasteiger partial charge in [-0.15, -0.1) is 22.7 Å². The predicted octanol–water partition coefficient (Wildman–Crippen LogP) is 3.80. The van der Waals surface area contributed by atoms with Gasteiger partial charge in [0.25, 0.3) is 0 Å². The molecule has 0 N–H and O–H groups in total. The minimum absolute atomic E-state index is 0.210. The maximum atomic E-state index is 12.9. The van der Waals surface area contributed by atoms with Crippen molar-refractivity contribution in [1.29, 1.82) is 0 Å². The van der Waals surface area contributed by atoms with Crippen LogP contribution < -0.4 is 0 Å². The molecule has 2 aromatic rings. The van der Waals surface area contributed by atoms with Crippen LogP contribution in [0.5, 0.6) is 0 Å². The number of fused-ring (bicyclic) bond motifs is 1. The zero-order valence-electron chi connectivity index (χ0n) is 7.46. The molecule has 0 aromatic carbocycles. The third kappa shape index (κ3) is 1.59. The Morgan fingerprint density at radius 1 is 1.33 bits per heavy atom. The van der Waals surface area contributed by atoms with Gasteiger partial charge < -0.3 is 9.47 Å². The first kappa shape index (κ1) is 9.99. The lowest BCUT2D eigenvalue weighted by Gasteiger charge is -2.05. The molecule has 3 heterocycles. The van der Waals surface area contributed by atoms with Crippen LogP contribution in [0.25, 0.3) is 9.40 Å². The Morgan fingerprint density at radius 2 is 2.07 bits per heavy atom. The van der Waals surface area contributed by atoms with Gasteiger partial charge in [-0.1, -0.05) is 11.6 Å². The summed E-state index contributed by atoms with van der Waals surface area (Å²) in [6, 6.07) is 1.50. The second kappa shape index (κ2) is 3.68. The highest BCUT2D eigenvalue weighted by Crippen LogP contribution is 2.44. The van der Waals surface area contributed by atoms with Crippen molar-refractivity contribution in [3.05, 3.63) is 21.1 Å². The van der Waals surface area contributed by atoms with Crippen molar-refractivity contribution in [2.75, 3.05) is 13.2 Å². The topological polar surface area (TPSA) is 18.5 Å². The van der Waals surface area contributed by atoms with E-state index in [1.165, 1.54) is 17.4 Å². The molecule has 0 atom stereocenters. The summed E-state index contributed by atoms with van der Waals surface area (Å²) in [5, 5.41) is 0.355. The Kier molecular flexibility index (Phi) is 2.45. The molecule has 0 aliphatic carbocycles. The van der Waals surface area contributed by atoms with Crippen molar-refractivity contribution in [2.45, 2.75) is 6.29 Å². The van der Waals surface area contributed by atoms with Crippen LogP contribution in [0, 0.1) is 5.13 Å². The molecule has 1 aliphatic heterocycles. The largest absolute Gasteiger partial charge is 0.345 e. The molecular weight excluding hydrogens is 259 g/mol. The van der Waals surface area contributed by atoms with Gasteiger partial charge in [0, 0.05) is 6.07 Å².